The molecule has 0 bridgehead atoms. The SMILES string of the molecule is CC(C)(C)C.CC(C)OC(=O)CC(O)CC(O)CCN. The smallest absolute Gasteiger partial charge is 0.308 e. The van der Waals surface area contributed by atoms with Crippen molar-refractivity contribution in [1.82, 2.24) is 0 Å². The van der Waals surface area contributed by atoms with Gasteiger partial charge in [0.2, 0.25) is 0 Å². The van der Waals surface area contributed by atoms with E-state index >= 15 is 0 Å². The lowest BCUT2D eigenvalue weighted by Crippen LogP contribution is -2.24. The van der Waals surface area contributed by atoms with Gasteiger partial charge in [-0.15, -0.1) is 0 Å². The highest BCUT2D eigenvalue weighted by atomic mass is 16.5. The van der Waals surface area contributed by atoms with E-state index in [1.54, 1.807) is 13.8 Å². The fourth-order valence-corrected chi connectivity index (χ4v) is 1.21. The van der Waals surface area contributed by atoms with Crippen molar-refractivity contribution in [3.8, 4) is 0 Å². The number of rotatable bonds is 7. The summed E-state index contributed by atoms with van der Waals surface area (Å²) in [5.74, 6) is -0.447. The van der Waals surface area contributed by atoms with E-state index in [2.05, 4.69) is 27.7 Å². The molecule has 0 aliphatic carbocycles. The number of esters is 1. The summed E-state index contributed by atoms with van der Waals surface area (Å²) in [6.07, 6.45) is -1.20. The minimum absolute atomic E-state index is 0.0835. The molecule has 122 valence electrons. The van der Waals surface area contributed by atoms with Crippen LogP contribution in [0.25, 0.3) is 0 Å². The first-order chi connectivity index (χ1) is 8.95. The normalized spacial score (nSPS) is 14.3. The highest BCUT2D eigenvalue weighted by Gasteiger charge is 2.16. The third-order valence-electron chi connectivity index (χ3n) is 1.81. The van der Waals surface area contributed by atoms with Crippen molar-refractivity contribution in [2.45, 2.75) is 79.1 Å². The molecule has 0 radical (unpaired) electrons. The summed E-state index contributed by atoms with van der Waals surface area (Å²) < 4.78 is 4.86. The molecule has 5 heteroatoms. The molecule has 0 rings (SSSR count). The van der Waals surface area contributed by atoms with Gasteiger partial charge in [0, 0.05) is 0 Å². The number of carbonyl (C=O) groups is 1. The second-order valence-electron chi connectivity index (χ2n) is 6.86. The summed E-state index contributed by atoms with van der Waals surface area (Å²) in [4.78, 5) is 11.1. The highest BCUT2D eigenvalue weighted by molar-refractivity contribution is 5.70. The first-order valence-corrected chi connectivity index (χ1v) is 7.21. The van der Waals surface area contributed by atoms with E-state index in [0.29, 0.717) is 18.4 Å². The fraction of sp³-hybridized carbons (Fsp3) is 0.933. The molecule has 0 saturated heterocycles. The zero-order valence-electron chi connectivity index (χ0n) is 13.8. The monoisotopic (exact) mass is 291 g/mol. The van der Waals surface area contributed by atoms with Crippen LogP contribution in [0.4, 0.5) is 0 Å². The largest absolute Gasteiger partial charge is 0.463 e. The van der Waals surface area contributed by atoms with Gasteiger partial charge in [-0.05, 0) is 38.6 Å². The predicted octanol–water partition coefficient (Wildman–Crippen LogP) is 1.84. The van der Waals surface area contributed by atoms with Crippen LogP contribution in [0.15, 0.2) is 0 Å². The molecule has 0 heterocycles. The Labute approximate surface area is 123 Å². The van der Waals surface area contributed by atoms with E-state index < -0.39 is 18.2 Å². The molecule has 0 aromatic heterocycles. The van der Waals surface area contributed by atoms with Crippen molar-refractivity contribution in [3.05, 3.63) is 0 Å². The number of hydrogen-bond acceptors (Lipinski definition) is 5. The van der Waals surface area contributed by atoms with Gasteiger partial charge >= 0.3 is 5.97 Å². The van der Waals surface area contributed by atoms with Crippen LogP contribution in [-0.2, 0) is 9.53 Å². The lowest BCUT2D eigenvalue weighted by atomic mass is 10.0. The van der Waals surface area contributed by atoms with Crippen LogP contribution in [0.3, 0.4) is 0 Å². The Bertz CT molecular complexity index is 243. The van der Waals surface area contributed by atoms with Gasteiger partial charge in [-0.25, -0.2) is 0 Å². The maximum atomic E-state index is 11.1. The molecule has 2 unspecified atom stereocenters. The summed E-state index contributed by atoms with van der Waals surface area (Å²) in [6, 6.07) is 0. The maximum Gasteiger partial charge on any atom is 0.308 e. The number of carbonyl (C=O) groups excluding carboxylic acids is 1. The third-order valence-corrected chi connectivity index (χ3v) is 1.81. The highest BCUT2D eigenvalue weighted by Crippen LogP contribution is 2.08. The maximum absolute atomic E-state index is 11.1. The van der Waals surface area contributed by atoms with Gasteiger partial charge in [-0.3, -0.25) is 4.79 Å². The second kappa shape index (κ2) is 11.1. The number of nitrogens with two attached hydrogens (primary N) is 1. The molecule has 0 aliphatic rings. The van der Waals surface area contributed by atoms with Crippen molar-refractivity contribution in [2.75, 3.05) is 6.54 Å². The summed E-state index contributed by atoms with van der Waals surface area (Å²) in [5.41, 5.74) is 5.74. The summed E-state index contributed by atoms with van der Waals surface area (Å²) in [7, 11) is 0. The molecule has 0 aromatic carbocycles. The average molecular weight is 291 g/mol. The second-order valence-corrected chi connectivity index (χ2v) is 6.86. The van der Waals surface area contributed by atoms with Crippen LogP contribution >= 0.6 is 0 Å². The molecular formula is C15H33NO4. The van der Waals surface area contributed by atoms with Crippen molar-refractivity contribution in [1.29, 1.82) is 0 Å². The van der Waals surface area contributed by atoms with E-state index in [0.717, 1.165) is 0 Å². The molecule has 0 aromatic rings. The Morgan fingerprint density at radius 1 is 1.15 bits per heavy atom. The average Bonchev–Trinajstić information content (AvgIpc) is 2.11. The van der Waals surface area contributed by atoms with Gasteiger partial charge < -0.3 is 20.7 Å². The Morgan fingerprint density at radius 2 is 1.60 bits per heavy atom. The summed E-state index contributed by atoms with van der Waals surface area (Å²) >= 11 is 0. The van der Waals surface area contributed by atoms with Gasteiger partial charge in [-0.2, -0.15) is 0 Å². The van der Waals surface area contributed by atoms with Crippen LogP contribution < -0.4 is 5.73 Å². The molecule has 0 aliphatic heterocycles. The summed E-state index contributed by atoms with van der Waals surface area (Å²) in [6.45, 7) is 12.6. The molecule has 2 atom stereocenters. The topological polar surface area (TPSA) is 92.8 Å². The summed E-state index contributed by atoms with van der Waals surface area (Å²) in [5, 5.41) is 18.8. The number of aliphatic hydroxyl groups is 2. The zero-order valence-corrected chi connectivity index (χ0v) is 13.8. The number of ether oxygens (including phenoxy) is 1. The van der Waals surface area contributed by atoms with Gasteiger partial charge in [0.15, 0.2) is 0 Å². The van der Waals surface area contributed by atoms with Crippen LogP contribution in [0, 0.1) is 5.41 Å². The lowest BCUT2D eigenvalue weighted by Gasteiger charge is -2.15. The van der Waals surface area contributed by atoms with Gasteiger partial charge in [0.25, 0.3) is 0 Å². The van der Waals surface area contributed by atoms with E-state index in [-0.39, 0.29) is 18.9 Å². The zero-order chi connectivity index (χ0) is 16.3. The van der Waals surface area contributed by atoms with E-state index in [4.69, 9.17) is 10.5 Å². The van der Waals surface area contributed by atoms with Crippen LogP contribution in [0.1, 0.15) is 60.8 Å². The van der Waals surface area contributed by atoms with Gasteiger partial charge in [0.05, 0.1) is 24.7 Å². The lowest BCUT2D eigenvalue weighted by molar-refractivity contribution is -0.149. The molecular weight excluding hydrogens is 258 g/mol. The minimum Gasteiger partial charge on any atom is -0.463 e. The van der Waals surface area contributed by atoms with Gasteiger partial charge in [0.1, 0.15) is 0 Å². The van der Waals surface area contributed by atoms with Crippen LogP contribution in [-0.4, -0.2) is 41.0 Å². The minimum atomic E-state index is -0.863. The molecule has 4 N–H and O–H groups in total. The Balaban J connectivity index is 0. The van der Waals surface area contributed by atoms with E-state index in [9.17, 15) is 15.0 Å². The molecule has 20 heavy (non-hydrogen) atoms. The van der Waals surface area contributed by atoms with Crippen molar-refractivity contribution in [3.63, 3.8) is 0 Å². The van der Waals surface area contributed by atoms with Crippen molar-refractivity contribution in [2.24, 2.45) is 11.1 Å². The van der Waals surface area contributed by atoms with Crippen molar-refractivity contribution < 1.29 is 19.7 Å². The molecule has 5 nitrogen and oxygen atoms in total. The number of hydrogen-bond donors (Lipinski definition) is 3. The van der Waals surface area contributed by atoms with Crippen LogP contribution in [0.2, 0.25) is 0 Å². The van der Waals surface area contributed by atoms with E-state index in [1.807, 2.05) is 0 Å². The molecule has 0 fully saturated rings. The molecule has 0 saturated carbocycles. The Hall–Kier alpha value is -0.650. The Kier molecular flexibility index (Phi) is 12.0. The first kappa shape index (κ1) is 21.6. The standard InChI is InChI=1S/C10H21NO4.C5H12/c1-7(2)15-10(14)6-9(13)5-8(12)3-4-11;1-5(2,3)4/h7-9,12-13H,3-6,11H2,1-2H3;1-4H3. The molecule has 0 amide bonds. The van der Waals surface area contributed by atoms with E-state index in [1.165, 1.54) is 0 Å². The molecule has 0 spiro atoms. The fourth-order valence-electron chi connectivity index (χ4n) is 1.21. The Morgan fingerprint density at radius 3 is 1.95 bits per heavy atom. The van der Waals surface area contributed by atoms with Gasteiger partial charge in [-0.1, -0.05) is 27.7 Å². The predicted molar refractivity (Wildman–Crippen MR) is 81.3 cm³/mol. The number of aliphatic hydroxyl groups excluding tert-OH is 2. The third kappa shape index (κ3) is 22.5. The van der Waals surface area contributed by atoms with Crippen molar-refractivity contribution >= 4 is 5.97 Å². The van der Waals surface area contributed by atoms with Crippen LogP contribution in [0.5, 0.6) is 0 Å². The quantitative estimate of drug-likeness (QED) is 0.622. The first-order valence-electron chi connectivity index (χ1n) is 7.21.